The summed E-state index contributed by atoms with van der Waals surface area (Å²) in [7, 11) is 1.52. The Balaban J connectivity index is 1.69. The zero-order valence-corrected chi connectivity index (χ0v) is 28.3. The lowest BCUT2D eigenvalue weighted by atomic mass is 9.99. The molecule has 6 nitrogen and oxygen atoms in total. The Bertz CT molecular complexity index is 1050. The number of rotatable bonds is 25. The van der Waals surface area contributed by atoms with Gasteiger partial charge in [0.1, 0.15) is 0 Å². The number of hydrogen-bond donors (Lipinski definition) is 2. The highest BCUT2D eigenvalue weighted by Crippen LogP contribution is 2.27. The van der Waals surface area contributed by atoms with Crippen LogP contribution in [0.2, 0.25) is 0 Å². The molecule has 0 amide bonds. The Morgan fingerprint density at radius 1 is 0.841 bits per heavy atom. The third-order valence-electron chi connectivity index (χ3n) is 8.24. The van der Waals surface area contributed by atoms with Crippen LogP contribution in [-0.2, 0) is 22.5 Å². The number of aromatic hydroxyl groups is 1. The third kappa shape index (κ3) is 16.9. The number of nitrogens with two attached hydrogens (primary N) is 1. The number of thiocarbonyl (C=S) groups is 1. The summed E-state index contributed by atoms with van der Waals surface area (Å²) >= 11 is 5.39. The zero-order chi connectivity index (χ0) is 31.8. The number of hydrogen-bond acceptors (Lipinski definition) is 5. The van der Waals surface area contributed by atoms with E-state index in [1.807, 2.05) is 29.2 Å². The predicted octanol–water partition coefficient (Wildman–Crippen LogP) is 9.11. The van der Waals surface area contributed by atoms with Crippen LogP contribution in [0.15, 0.2) is 48.5 Å². The van der Waals surface area contributed by atoms with Crippen molar-refractivity contribution in [2.24, 2.45) is 11.7 Å². The van der Waals surface area contributed by atoms with E-state index in [0.29, 0.717) is 31.9 Å². The van der Waals surface area contributed by atoms with E-state index in [2.05, 4.69) is 19.1 Å². The molecular formula is C37H58N2O4S. The minimum Gasteiger partial charge on any atom is -0.504 e. The minimum atomic E-state index is -0.136. The Hall–Kier alpha value is -2.80. The average molecular weight is 627 g/mol. The molecule has 0 spiro atoms. The molecule has 0 bridgehead atoms. The molecule has 0 aliphatic carbocycles. The summed E-state index contributed by atoms with van der Waals surface area (Å²) in [6.07, 6.45) is 20.7. The Morgan fingerprint density at radius 2 is 1.41 bits per heavy atom. The summed E-state index contributed by atoms with van der Waals surface area (Å²) in [4.78, 5) is 14.5. The first-order valence-corrected chi connectivity index (χ1v) is 17.4. The molecule has 0 aliphatic heterocycles. The van der Waals surface area contributed by atoms with Crippen LogP contribution < -0.4 is 10.5 Å². The van der Waals surface area contributed by atoms with E-state index in [4.69, 9.17) is 27.4 Å². The second-order valence-corrected chi connectivity index (χ2v) is 12.6. The van der Waals surface area contributed by atoms with Crippen molar-refractivity contribution in [3.05, 3.63) is 59.7 Å². The summed E-state index contributed by atoms with van der Waals surface area (Å²) in [5.74, 6) is 0.367. The minimum absolute atomic E-state index is 0.0166. The molecule has 0 heterocycles. The quantitative estimate of drug-likeness (QED) is 0.0646. The maximum Gasteiger partial charge on any atom is 0.305 e. The maximum absolute atomic E-state index is 12.6. The van der Waals surface area contributed by atoms with E-state index < -0.39 is 0 Å². The van der Waals surface area contributed by atoms with Gasteiger partial charge in [0, 0.05) is 25.4 Å². The predicted molar refractivity (Wildman–Crippen MR) is 186 cm³/mol. The summed E-state index contributed by atoms with van der Waals surface area (Å²) in [5, 5.41) is 10.2. The highest BCUT2D eigenvalue weighted by molar-refractivity contribution is 7.80. The highest BCUT2D eigenvalue weighted by atomic mass is 32.1. The van der Waals surface area contributed by atoms with Crippen molar-refractivity contribution in [1.29, 1.82) is 0 Å². The van der Waals surface area contributed by atoms with E-state index in [-0.39, 0.29) is 22.7 Å². The first kappa shape index (κ1) is 37.4. The number of phenols is 1. The molecule has 246 valence electrons. The lowest BCUT2D eigenvalue weighted by Crippen LogP contribution is -2.40. The molecule has 0 fully saturated rings. The van der Waals surface area contributed by atoms with Crippen molar-refractivity contribution in [1.82, 2.24) is 4.90 Å². The molecule has 0 saturated carbocycles. The molecule has 1 atom stereocenters. The van der Waals surface area contributed by atoms with Gasteiger partial charge in [-0.1, -0.05) is 133 Å². The van der Waals surface area contributed by atoms with Gasteiger partial charge in [0.25, 0.3) is 0 Å². The lowest BCUT2D eigenvalue weighted by Gasteiger charge is -2.28. The molecule has 3 N–H and O–H groups in total. The molecule has 0 aliphatic rings. The Labute approximate surface area is 272 Å². The molecule has 0 aromatic heterocycles. The fourth-order valence-corrected chi connectivity index (χ4v) is 5.77. The van der Waals surface area contributed by atoms with Gasteiger partial charge in [-0.25, -0.2) is 0 Å². The summed E-state index contributed by atoms with van der Waals surface area (Å²) in [6, 6.07) is 15.4. The smallest absolute Gasteiger partial charge is 0.305 e. The number of carbonyl (C=O) groups excluding carboxylic acids is 1. The standard InChI is InChI=1S/C37H58N2O4S/c1-3-4-5-6-7-8-9-10-11-12-13-14-15-16-20-23-36(41)43-30-33(26-31-21-18-17-19-22-31)29-39(37(38)44)28-32-24-25-34(40)35(27-32)42-2/h17-19,21-22,24-25,27,33,40H,3-16,20,23,26,28-30H2,1-2H3,(H2,38,44). The van der Waals surface area contributed by atoms with E-state index in [0.717, 1.165) is 24.8 Å². The summed E-state index contributed by atoms with van der Waals surface area (Å²) in [5.41, 5.74) is 8.21. The molecule has 2 rings (SSSR count). The average Bonchev–Trinajstić information content (AvgIpc) is 3.02. The molecule has 2 aromatic rings. The van der Waals surface area contributed by atoms with Crippen molar-refractivity contribution in [2.75, 3.05) is 20.3 Å². The molecular weight excluding hydrogens is 568 g/mol. The SMILES string of the molecule is CCCCCCCCCCCCCCCCCC(=O)OCC(Cc1ccccc1)CN(Cc1ccc(O)c(OC)c1)C(N)=S. The molecule has 44 heavy (non-hydrogen) atoms. The number of carbonyl (C=O) groups is 1. The molecule has 0 saturated heterocycles. The normalized spacial score (nSPS) is 11.7. The molecule has 7 heteroatoms. The van der Waals surface area contributed by atoms with Crippen LogP contribution in [0.5, 0.6) is 11.5 Å². The van der Waals surface area contributed by atoms with Gasteiger partial charge in [-0.15, -0.1) is 0 Å². The second kappa shape index (κ2) is 23.6. The van der Waals surface area contributed by atoms with Gasteiger partial charge in [0.15, 0.2) is 16.6 Å². The summed E-state index contributed by atoms with van der Waals surface area (Å²) < 4.78 is 11.0. The number of unbranched alkanes of at least 4 members (excludes halogenated alkanes) is 14. The van der Waals surface area contributed by atoms with Crippen LogP contribution in [0.25, 0.3) is 0 Å². The third-order valence-corrected chi connectivity index (χ3v) is 8.50. The van der Waals surface area contributed by atoms with E-state index in [9.17, 15) is 9.90 Å². The lowest BCUT2D eigenvalue weighted by molar-refractivity contribution is -0.145. The summed E-state index contributed by atoms with van der Waals surface area (Å²) in [6.45, 7) is 3.59. The number of benzene rings is 2. The number of nitrogens with zero attached hydrogens (tertiary/aromatic N) is 1. The Morgan fingerprint density at radius 3 is 1.95 bits per heavy atom. The molecule has 0 radical (unpaired) electrons. The van der Waals surface area contributed by atoms with Crippen LogP contribution >= 0.6 is 12.2 Å². The number of ether oxygens (including phenoxy) is 2. The van der Waals surface area contributed by atoms with Gasteiger partial charge in [-0.05, 0) is 48.3 Å². The van der Waals surface area contributed by atoms with Gasteiger partial charge in [-0.3, -0.25) is 4.79 Å². The van der Waals surface area contributed by atoms with Crippen molar-refractivity contribution in [2.45, 2.75) is 123 Å². The van der Waals surface area contributed by atoms with Crippen LogP contribution in [0.1, 0.15) is 121 Å². The van der Waals surface area contributed by atoms with Gasteiger partial charge in [-0.2, -0.15) is 0 Å². The highest BCUT2D eigenvalue weighted by Gasteiger charge is 2.19. The largest absolute Gasteiger partial charge is 0.504 e. The fourth-order valence-electron chi connectivity index (χ4n) is 5.63. The van der Waals surface area contributed by atoms with Crippen molar-refractivity contribution in [3.63, 3.8) is 0 Å². The first-order valence-electron chi connectivity index (χ1n) is 17.0. The van der Waals surface area contributed by atoms with Crippen LogP contribution in [0.4, 0.5) is 0 Å². The van der Waals surface area contributed by atoms with E-state index >= 15 is 0 Å². The first-order chi connectivity index (χ1) is 21.4. The topological polar surface area (TPSA) is 85.0 Å². The monoisotopic (exact) mass is 626 g/mol. The van der Waals surface area contributed by atoms with E-state index in [1.165, 1.54) is 96.1 Å². The van der Waals surface area contributed by atoms with E-state index in [1.54, 1.807) is 12.1 Å². The van der Waals surface area contributed by atoms with Crippen LogP contribution in [0.3, 0.4) is 0 Å². The Kier molecular flexibility index (Phi) is 20.0. The zero-order valence-electron chi connectivity index (χ0n) is 27.4. The van der Waals surface area contributed by atoms with Gasteiger partial charge < -0.3 is 25.2 Å². The molecule has 2 aromatic carbocycles. The van der Waals surface area contributed by atoms with Gasteiger partial charge in [0.05, 0.1) is 13.7 Å². The van der Waals surface area contributed by atoms with Crippen LogP contribution in [-0.4, -0.2) is 41.3 Å². The second-order valence-electron chi connectivity index (χ2n) is 12.2. The number of esters is 1. The number of phenolic OH excluding ortho intramolecular Hbond substituents is 1. The fraction of sp³-hybridized carbons (Fsp3) is 0.622. The van der Waals surface area contributed by atoms with Gasteiger partial charge in [0.2, 0.25) is 0 Å². The molecule has 1 unspecified atom stereocenters. The van der Waals surface area contributed by atoms with Crippen molar-refractivity contribution in [3.8, 4) is 11.5 Å². The van der Waals surface area contributed by atoms with Crippen molar-refractivity contribution >= 4 is 23.3 Å². The number of methoxy groups -OCH3 is 1. The van der Waals surface area contributed by atoms with Crippen LogP contribution in [0, 0.1) is 5.92 Å². The maximum atomic E-state index is 12.6. The van der Waals surface area contributed by atoms with Crippen molar-refractivity contribution < 1.29 is 19.4 Å². The van der Waals surface area contributed by atoms with Gasteiger partial charge >= 0.3 is 5.97 Å².